The van der Waals surface area contributed by atoms with Gasteiger partial charge in [-0.1, -0.05) is 43.0 Å². The van der Waals surface area contributed by atoms with Gasteiger partial charge in [0.1, 0.15) is 17.6 Å². The first-order valence-electron chi connectivity index (χ1n) is 25.2. The Hall–Kier alpha value is -5.95. The third-order valence-corrected chi connectivity index (χ3v) is 13.7. The van der Waals surface area contributed by atoms with Crippen molar-refractivity contribution in [2.75, 3.05) is 57.8 Å². The molecule has 5 rings (SSSR count). The standard InChI is InChI=1S/C54H77N7O11/c1-11-53(7,68-10)29-32-70-52(5,6)27-30-55-46(62)19-15-21-48(64)57-37-23-25-39-40-26-24-38(58-49(65)22-16-20-47(63)56-36-54(8,12-2)71-31-28-51(3,4)67-9)34-42(40)43(41(39)33-37)35-69-50(66)72-61-45-18-14-13-17-44(45)59-60-61/h13-14,17-18,23-26,33-34,43H,11-12,15-16,19-22,27-32,35-36H2,1-10H3,(H,55,62)(H,56,63)(H,57,64)(H,58,65). The van der Waals surface area contributed by atoms with Crippen molar-refractivity contribution < 1.29 is 52.5 Å². The Balaban J connectivity index is 1.16. The summed E-state index contributed by atoms with van der Waals surface area (Å²) in [5.74, 6) is -1.34. The lowest BCUT2D eigenvalue weighted by Crippen LogP contribution is -2.43. The predicted molar refractivity (Wildman–Crippen MR) is 275 cm³/mol. The number of anilines is 2. The van der Waals surface area contributed by atoms with Gasteiger partial charge in [0.05, 0.1) is 35.6 Å². The summed E-state index contributed by atoms with van der Waals surface area (Å²) < 4.78 is 29.0. The Morgan fingerprint density at radius 3 is 1.79 bits per heavy atom. The Morgan fingerprint density at radius 1 is 0.639 bits per heavy atom. The van der Waals surface area contributed by atoms with Crippen LogP contribution in [0, 0.1) is 0 Å². The lowest BCUT2D eigenvalue weighted by atomic mass is 9.97. The van der Waals surface area contributed by atoms with E-state index in [0.29, 0.717) is 80.8 Å². The van der Waals surface area contributed by atoms with Crippen molar-refractivity contribution >= 4 is 52.2 Å². The average molecular weight is 1000 g/mol. The number of para-hydroxylation sites is 1. The predicted octanol–water partition coefficient (Wildman–Crippen LogP) is 8.65. The second-order valence-corrected chi connectivity index (χ2v) is 20.2. The second kappa shape index (κ2) is 26.1. The van der Waals surface area contributed by atoms with Crippen LogP contribution < -0.4 is 26.1 Å². The van der Waals surface area contributed by atoms with Crippen molar-refractivity contribution in [1.29, 1.82) is 0 Å². The smallest absolute Gasteiger partial charge is 0.432 e. The maximum Gasteiger partial charge on any atom is 0.535 e. The summed E-state index contributed by atoms with van der Waals surface area (Å²) in [6.45, 7) is 17.8. The van der Waals surface area contributed by atoms with Gasteiger partial charge in [-0.25, -0.2) is 4.79 Å². The maximum atomic E-state index is 13.2. The van der Waals surface area contributed by atoms with Crippen LogP contribution in [0.5, 0.6) is 0 Å². The van der Waals surface area contributed by atoms with Crippen molar-refractivity contribution in [1.82, 2.24) is 25.8 Å². The highest BCUT2D eigenvalue weighted by Gasteiger charge is 2.32. The number of hydrogen-bond donors (Lipinski definition) is 4. The molecule has 72 heavy (non-hydrogen) atoms. The van der Waals surface area contributed by atoms with Gasteiger partial charge in [-0.15, -0.1) is 5.10 Å². The summed E-state index contributed by atoms with van der Waals surface area (Å²) in [7, 11) is 3.38. The second-order valence-electron chi connectivity index (χ2n) is 20.2. The summed E-state index contributed by atoms with van der Waals surface area (Å²) in [5.41, 5.74) is 3.86. The number of rotatable bonds is 30. The first-order valence-corrected chi connectivity index (χ1v) is 25.2. The van der Waals surface area contributed by atoms with Crippen molar-refractivity contribution in [3.8, 4) is 11.1 Å². The molecule has 1 heterocycles. The molecule has 18 nitrogen and oxygen atoms in total. The van der Waals surface area contributed by atoms with Crippen LogP contribution in [0.4, 0.5) is 16.2 Å². The van der Waals surface area contributed by atoms with Gasteiger partial charge in [0.25, 0.3) is 0 Å². The van der Waals surface area contributed by atoms with Crippen LogP contribution in [0.25, 0.3) is 22.2 Å². The number of ether oxygens (including phenoxy) is 5. The van der Waals surface area contributed by atoms with E-state index in [1.807, 2.05) is 65.8 Å². The van der Waals surface area contributed by atoms with Crippen LogP contribution >= 0.6 is 0 Å². The largest absolute Gasteiger partial charge is 0.535 e. The molecule has 0 spiro atoms. The number of fused-ring (bicyclic) bond motifs is 4. The van der Waals surface area contributed by atoms with Crippen molar-refractivity contribution in [2.45, 2.75) is 154 Å². The molecule has 3 atom stereocenters. The third-order valence-electron chi connectivity index (χ3n) is 13.7. The minimum Gasteiger partial charge on any atom is -0.432 e. The SMILES string of the molecule is CCC(C)(CCOC(C)(C)CCNC(=O)CCCC(=O)Nc1ccc2c(c1)C(COC(=O)On1nnc3ccccc31)c1cc(NC(=O)CCCC(=O)NCC(C)(CC)OCCC(C)(C)OC)ccc1-2)OC. The lowest BCUT2D eigenvalue weighted by Gasteiger charge is -2.31. The van der Waals surface area contributed by atoms with Gasteiger partial charge >= 0.3 is 6.16 Å². The summed E-state index contributed by atoms with van der Waals surface area (Å²) in [6, 6.07) is 18.1. The molecule has 0 bridgehead atoms. The van der Waals surface area contributed by atoms with E-state index in [0.717, 1.165) is 39.9 Å². The molecule has 1 aliphatic carbocycles. The highest BCUT2D eigenvalue weighted by Crippen LogP contribution is 2.47. The molecule has 0 saturated carbocycles. The van der Waals surface area contributed by atoms with Crippen LogP contribution in [0.1, 0.15) is 143 Å². The highest BCUT2D eigenvalue weighted by atomic mass is 16.8. The molecule has 394 valence electrons. The minimum atomic E-state index is -1.00. The van der Waals surface area contributed by atoms with E-state index in [1.54, 1.807) is 50.6 Å². The van der Waals surface area contributed by atoms with Crippen LogP contribution in [0.3, 0.4) is 0 Å². The first-order chi connectivity index (χ1) is 34.2. The first kappa shape index (κ1) is 57.0. The van der Waals surface area contributed by atoms with E-state index in [9.17, 15) is 24.0 Å². The maximum absolute atomic E-state index is 13.2. The zero-order chi connectivity index (χ0) is 52.5. The molecule has 0 saturated heterocycles. The number of carbonyl (C=O) groups is 5. The summed E-state index contributed by atoms with van der Waals surface area (Å²) in [5, 5.41) is 19.8. The number of nitrogens with zero attached hydrogens (tertiary/aromatic N) is 3. The third kappa shape index (κ3) is 17.1. The van der Waals surface area contributed by atoms with Crippen LogP contribution in [0.15, 0.2) is 60.7 Å². The molecule has 0 radical (unpaired) electrons. The zero-order valence-electron chi connectivity index (χ0n) is 44.0. The van der Waals surface area contributed by atoms with E-state index in [2.05, 4.69) is 45.4 Å². The Kier molecular flexibility index (Phi) is 20.7. The Morgan fingerprint density at radius 2 is 1.21 bits per heavy atom. The normalized spacial score (nSPS) is 14.9. The highest BCUT2D eigenvalue weighted by molar-refractivity contribution is 5.94. The van der Waals surface area contributed by atoms with Crippen LogP contribution in [0.2, 0.25) is 0 Å². The molecule has 0 aliphatic heterocycles. The van der Waals surface area contributed by atoms with Crippen LogP contribution in [-0.2, 0) is 42.9 Å². The van der Waals surface area contributed by atoms with Gasteiger partial charge < -0.3 is 45.0 Å². The van der Waals surface area contributed by atoms with Gasteiger partial charge in [0.15, 0.2) is 0 Å². The fourth-order valence-electron chi connectivity index (χ4n) is 8.05. The van der Waals surface area contributed by atoms with E-state index in [1.165, 1.54) is 0 Å². The van der Waals surface area contributed by atoms with Crippen LogP contribution in [-0.4, -0.2) is 114 Å². The number of nitrogens with one attached hydrogen (secondary N) is 4. The van der Waals surface area contributed by atoms with Gasteiger partial charge in [-0.2, -0.15) is 0 Å². The molecular formula is C54H77N7O11. The number of aromatic nitrogens is 3. The molecule has 18 heteroatoms. The minimum absolute atomic E-state index is 0.115. The van der Waals surface area contributed by atoms with Gasteiger partial charge in [-0.05, 0) is 150 Å². The summed E-state index contributed by atoms with van der Waals surface area (Å²) in [6.07, 6.45) is 3.99. The molecule has 1 aliphatic rings. The molecule has 4 amide bonds. The van der Waals surface area contributed by atoms with Gasteiger partial charge in [0, 0.05) is 70.3 Å². The quantitative estimate of drug-likeness (QED) is 0.0284. The number of methoxy groups -OCH3 is 2. The summed E-state index contributed by atoms with van der Waals surface area (Å²) in [4.78, 5) is 71.4. The topological polar surface area (TPSA) is 220 Å². The van der Waals surface area contributed by atoms with Crippen molar-refractivity contribution in [3.63, 3.8) is 0 Å². The number of amides is 4. The lowest BCUT2D eigenvalue weighted by molar-refractivity contribution is -0.124. The summed E-state index contributed by atoms with van der Waals surface area (Å²) >= 11 is 0. The van der Waals surface area contributed by atoms with E-state index < -0.39 is 23.3 Å². The zero-order valence-corrected chi connectivity index (χ0v) is 44.0. The van der Waals surface area contributed by atoms with E-state index in [-0.39, 0.29) is 67.1 Å². The fourth-order valence-corrected chi connectivity index (χ4v) is 8.05. The number of hydrogen-bond acceptors (Lipinski definition) is 13. The Labute approximate surface area is 424 Å². The van der Waals surface area contributed by atoms with Gasteiger partial charge in [0.2, 0.25) is 23.6 Å². The molecule has 3 aromatic carbocycles. The molecule has 1 aromatic heterocycles. The number of benzene rings is 3. The van der Waals surface area contributed by atoms with Crippen molar-refractivity contribution in [3.05, 3.63) is 71.8 Å². The van der Waals surface area contributed by atoms with Gasteiger partial charge in [-0.3, -0.25) is 24.0 Å². The molecular weight excluding hydrogens is 923 g/mol. The Bertz CT molecular complexity index is 2470. The average Bonchev–Trinajstić information content (AvgIpc) is 3.89. The van der Waals surface area contributed by atoms with Crippen molar-refractivity contribution in [2.24, 2.45) is 0 Å². The molecule has 0 fully saturated rings. The van der Waals surface area contributed by atoms with E-state index in [4.69, 9.17) is 28.5 Å². The monoisotopic (exact) mass is 1000 g/mol. The molecule has 4 N–H and O–H groups in total. The molecule has 4 aromatic rings. The fraction of sp³-hybridized carbons (Fsp3) is 0.574. The van der Waals surface area contributed by atoms with E-state index >= 15 is 0 Å². The number of carbonyl (C=O) groups excluding carboxylic acids is 5. The molecule has 3 unspecified atom stereocenters.